The van der Waals surface area contributed by atoms with E-state index in [9.17, 15) is 8.42 Å². The average molecular weight is 271 g/mol. The topological polar surface area (TPSA) is 57.6 Å². The van der Waals surface area contributed by atoms with Crippen LogP contribution in [0.4, 0.5) is 0 Å². The zero-order valence-corrected chi connectivity index (χ0v) is 11.8. The van der Waals surface area contributed by atoms with Crippen LogP contribution in [0.2, 0.25) is 0 Å². The van der Waals surface area contributed by atoms with Crippen LogP contribution >= 0.6 is 0 Å². The summed E-state index contributed by atoms with van der Waals surface area (Å²) in [5, 5.41) is 8.95. The molecule has 0 unspecified atom stereocenters. The van der Waals surface area contributed by atoms with Gasteiger partial charge in [0.2, 0.25) is 10.0 Å². The van der Waals surface area contributed by atoms with Gasteiger partial charge in [0.15, 0.2) is 0 Å². The molecule has 0 atom stereocenters. The van der Waals surface area contributed by atoms with E-state index in [1.807, 2.05) is 13.8 Å². The minimum absolute atomic E-state index is 0.0754. The Morgan fingerprint density at radius 3 is 1.94 bits per heavy atom. The third-order valence-corrected chi connectivity index (χ3v) is 4.60. The van der Waals surface area contributed by atoms with Crippen LogP contribution in [0.1, 0.15) is 32.3 Å². The zero-order valence-electron chi connectivity index (χ0n) is 11.0. The molecular formula is C13H21NO3S. The van der Waals surface area contributed by atoms with Crippen molar-refractivity contribution in [1.82, 2.24) is 4.31 Å². The van der Waals surface area contributed by atoms with Gasteiger partial charge in [-0.3, -0.25) is 0 Å². The first kappa shape index (κ1) is 15.1. The number of benzene rings is 1. The molecule has 0 aliphatic rings. The van der Waals surface area contributed by atoms with Crippen LogP contribution in [-0.4, -0.2) is 30.9 Å². The second kappa shape index (κ2) is 6.87. The third-order valence-electron chi connectivity index (χ3n) is 2.69. The first-order valence-electron chi connectivity index (χ1n) is 6.26. The Hall–Kier alpha value is -0.910. The summed E-state index contributed by atoms with van der Waals surface area (Å²) in [6.07, 6.45) is 1.60. The highest BCUT2D eigenvalue weighted by molar-refractivity contribution is 7.89. The number of rotatable bonds is 7. The van der Waals surface area contributed by atoms with Crippen LogP contribution in [0.15, 0.2) is 29.2 Å². The Labute approximate surface area is 109 Å². The molecule has 18 heavy (non-hydrogen) atoms. The van der Waals surface area contributed by atoms with Gasteiger partial charge in [0.25, 0.3) is 0 Å². The minimum Gasteiger partial charge on any atom is -0.392 e. The van der Waals surface area contributed by atoms with E-state index in [0.717, 1.165) is 12.8 Å². The second-order valence-electron chi connectivity index (χ2n) is 4.21. The molecule has 1 N–H and O–H groups in total. The number of sulfonamides is 1. The lowest BCUT2D eigenvalue weighted by atomic mass is 10.2. The van der Waals surface area contributed by atoms with Crippen molar-refractivity contribution in [3.63, 3.8) is 0 Å². The normalized spacial score (nSPS) is 12.0. The van der Waals surface area contributed by atoms with Gasteiger partial charge >= 0.3 is 0 Å². The molecule has 0 saturated heterocycles. The maximum Gasteiger partial charge on any atom is 0.243 e. The minimum atomic E-state index is -3.40. The van der Waals surface area contributed by atoms with Crippen LogP contribution in [0.25, 0.3) is 0 Å². The quantitative estimate of drug-likeness (QED) is 0.825. The van der Waals surface area contributed by atoms with Gasteiger partial charge < -0.3 is 5.11 Å². The van der Waals surface area contributed by atoms with E-state index in [2.05, 4.69) is 0 Å². The fraction of sp³-hybridized carbons (Fsp3) is 0.538. The van der Waals surface area contributed by atoms with E-state index in [1.54, 1.807) is 24.3 Å². The summed E-state index contributed by atoms with van der Waals surface area (Å²) in [5.41, 5.74) is 0.714. The summed E-state index contributed by atoms with van der Waals surface area (Å²) in [5.74, 6) is 0. The van der Waals surface area contributed by atoms with Gasteiger partial charge in [-0.1, -0.05) is 26.0 Å². The maximum absolute atomic E-state index is 12.4. The van der Waals surface area contributed by atoms with Gasteiger partial charge in [-0.25, -0.2) is 8.42 Å². The first-order chi connectivity index (χ1) is 8.56. The fourth-order valence-corrected chi connectivity index (χ4v) is 3.39. The van der Waals surface area contributed by atoms with Crippen molar-refractivity contribution in [2.45, 2.75) is 38.2 Å². The molecule has 0 radical (unpaired) electrons. The lowest BCUT2D eigenvalue weighted by molar-refractivity contribution is 0.281. The van der Waals surface area contributed by atoms with Crippen LogP contribution in [0.5, 0.6) is 0 Å². The van der Waals surface area contributed by atoms with E-state index >= 15 is 0 Å². The Balaban J connectivity index is 3.01. The largest absolute Gasteiger partial charge is 0.392 e. The molecule has 0 aromatic heterocycles. The monoisotopic (exact) mass is 271 g/mol. The fourth-order valence-electron chi connectivity index (χ4n) is 1.77. The molecule has 0 spiro atoms. The van der Waals surface area contributed by atoms with Gasteiger partial charge in [0.1, 0.15) is 0 Å². The third kappa shape index (κ3) is 3.54. The van der Waals surface area contributed by atoms with Crippen molar-refractivity contribution in [2.24, 2.45) is 0 Å². The molecule has 1 rings (SSSR count). The molecule has 5 heteroatoms. The molecule has 0 fully saturated rings. The number of hydrogen-bond acceptors (Lipinski definition) is 3. The first-order valence-corrected chi connectivity index (χ1v) is 7.70. The summed E-state index contributed by atoms with van der Waals surface area (Å²) < 4.78 is 26.3. The molecule has 1 aromatic rings. The van der Waals surface area contributed by atoms with E-state index in [1.165, 1.54) is 4.31 Å². The van der Waals surface area contributed by atoms with Crippen molar-refractivity contribution in [3.05, 3.63) is 29.8 Å². The summed E-state index contributed by atoms with van der Waals surface area (Å²) in [7, 11) is -3.40. The molecule has 0 aliphatic heterocycles. The summed E-state index contributed by atoms with van der Waals surface area (Å²) in [6.45, 7) is 4.93. The van der Waals surface area contributed by atoms with Crippen molar-refractivity contribution < 1.29 is 13.5 Å². The van der Waals surface area contributed by atoms with Crippen molar-refractivity contribution >= 4 is 10.0 Å². The summed E-state index contributed by atoms with van der Waals surface area (Å²) in [6, 6.07) is 6.39. The van der Waals surface area contributed by atoms with Crippen molar-refractivity contribution in [3.8, 4) is 0 Å². The molecule has 0 saturated carbocycles. The van der Waals surface area contributed by atoms with Gasteiger partial charge in [0.05, 0.1) is 11.5 Å². The molecule has 1 aromatic carbocycles. The Morgan fingerprint density at radius 1 is 1.06 bits per heavy atom. The summed E-state index contributed by atoms with van der Waals surface area (Å²) in [4.78, 5) is 0.293. The smallest absolute Gasteiger partial charge is 0.243 e. The lowest BCUT2D eigenvalue weighted by Crippen LogP contribution is -2.32. The van der Waals surface area contributed by atoms with Crippen LogP contribution in [0.3, 0.4) is 0 Å². The van der Waals surface area contributed by atoms with Gasteiger partial charge in [-0.05, 0) is 30.5 Å². The van der Waals surface area contributed by atoms with Gasteiger partial charge in [-0.2, -0.15) is 4.31 Å². The summed E-state index contributed by atoms with van der Waals surface area (Å²) >= 11 is 0. The van der Waals surface area contributed by atoms with E-state index < -0.39 is 10.0 Å². The zero-order chi connectivity index (χ0) is 13.6. The van der Waals surface area contributed by atoms with Gasteiger partial charge in [0, 0.05) is 13.1 Å². The predicted octanol–water partition coefficient (Wildman–Crippen LogP) is 1.99. The number of aliphatic hydroxyl groups is 1. The van der Waals surface area contributed by atoms with Crippen LogP contribution < -0.4 is 0 Å². The van der Waals surface area contributed by atoms with Crippen LogP contribution in [-0.2, 0) is 16.6 Å². The highest BCUT2D eigenvalue weighted by Gasteiger charge is 2.22. The van der Waals surface area contributed by atoms with Crippen LogP contribution in [0, 0.1) is 0 Å². The Bertz CT molecular complexity index is 448. The lowest BCUT2D eigenvalue weighted by Gasteiger charge is -2.21. The molecular weight excluding hydrogens is 250 g/mol. The average Bonchev–Trinajstić information content (AvgIpc) is 2.38. The number of aliphatic hydroxyl groups excluding tert-OH is 1. The molecule has 4 nitrogen and oxygen atoms in total. The number of nitrogens with zero attached hydrogens (tertiary/aromatic N) is 1. The van der Waals surface area contributed by atoms with E-state index in [-0.39, 0.29) is 6.61 Å². The highest BCUT2D eigenvalue weighted by Crippen LogP contribution is 2.17. The predicted molar refractivity (Wildman–Crippen MR) is 71.7 cm³/mol. The van der Waals surface area contributed by atoms with Crippen molar-refractivity contribution in [2.75, 3.05) is 13.1 Å². The van der Waals surface area contributed by atoms with E-state index in [0.29, 0.717) is 23.5 Å². The van der Waals surface area contributed by atoms with Gasteiger partial charge in [-0.15, -0.1) is 0 Å². The molecule has 0 amide bonds. The molecule has 102 valence electrons. The molecule has 0 heterocycles. The number of hydrogen-bond donors (Lipinski definition) is 1. The highest BCUT2D eigenvalue weighted by atomic mass is 32.2. The SMILES string of the molecule is CCCN(CCC)S(=O)(=O)c1ccc(CO)cc1. The molecule has 0 aliphatic carbocycles. The molecule has 0 bridgehead atoms. The second-order valence-corrected chi connectivity index (χ2v) is 6.14. The van der Waals surface area contributed by atoms with E-state index in [4.69, 9.17) is 5.11 Å². The van der Waals surface area contributed by atoms with Crippen molar-refractivity contribution in [1.29, 1.82) is 0 Å². The standard InChI is InChI=1S/C13H21NO3S/c1-3-9-14(10-4-2)18(16,17)13-7-5-12(11-15)6-8-13/h5-8,15H,3-4,9-11H2,1-2H3. The maximum atomic E-state index is 12.4. The Kier molecular flexibility index (Phi) is 5.78. The Morgan fingerprint density at radius 2 is 1.56 bits per heavy atom.